The quantitative estimate of drug-likeness (QED) is 0.290. The fourth-order valence-electron chi connectivity index (χ4n) is 4.63. The van der Waals surface area contributed by atoms with Gasteiger partial charge in [-0.1, -0.05) is 121 Å². The normalized spacial score (nSPS) is 17.1. The second-order valence-electron chi connectivity index (χ2n) is 9.05. The molecule has 0 unspecified atom stereocenters. The van der Waals surface area contributed by atoms with Crippen molar-refractivity contribution in [1.29, 1.82) is 0 Å². The van der Waals surface area contributed by atoms with Crippen molar-refractivity contribution >= 4 is 37.1 Å². The van der Waals surface area contributed by atoms with Crippen LogP contribution < -0.4 is 0 Å². The van der Waals surface area contributed by atoms with E-state index in [1.165, 1.54) is 22.3 Å². The van der Waals surface area contributed by atoms with Crippen LogP contribution in [0.1, 0.15) is 22.3 Å². The Morgan fingerprint density at radius 1 is 0.417 bits per heavy atom. The maximum atomic E-state index is 7.45. The molecule has 0 aliphatic carbocycles. The van der Waals surface area contributed by atoms with Gasteiger partial charge in [-0.2, -0.15) is 0 Å². The van der Waals surface area contributed by atoms with E-state index in [2.05, 4.69) is 97.1 Å². The highest BCUT2D eigenvalue weighted by Crippen LogP contribution is 2.30. The summed E-state index contributed by atoms with van der Waals surface area (Å²) in [6, 6.07) is 45.1. The predicted octanol–water partition coefficient (Wildman–Crippen LogP) is 5.15. The van der Waals surface area contributed by atoms with Crippen LogP contribution in [0.5, 0.6) is 0 Å². The van der Waals surface area contributed by atoms with Gasteiger partial charge in [-0.25, -0.2) is 0 Å². The summed E-state index contributed by atoms with van der Waals surface area (Å²) in [4.78, 5) is 0. The summed E-state index contributed by atoms with van der Waals surface area (Å²) in [6.45, 7) is 0. The van der Waals surface area contributed by atoms with Gasteiger partial charge in [-0.3, -0.25) is 0 Å². The average Bonchev–Trinajstić information content (AvgIpc) is 2.90. The molecule has 180 valence electrons. The van der Waals surface area contributed by atoms with Crippen molar-refractivity contribution in [2.24, 2.45) is 0 Å². The molecule has 4 nitrogen and oxygen atoms in total. The molecule has 0 bridgehead atoms. The molecule has 1 fully saturated rings. The van der Waals surface area contributed by atoms with Crippen molar-refractivity contribution in [1.82, 2.24) is 0 Å². The first-order valence-electron chi connectivity index (χ1n) is 12.1. The Bertz CT molecular complexity index is 1020. The summed E-state index contributed by atoms with van der Waals surface area (Å²) in [7, 11) is -5.92. The third kappa shape index (κ3) is 6.87. The number of benzene rings is 4. The number of hydrogen-bond acceptors (Lipinski definition) is 4. The van der Waals surface area contributed by atoms with E-state index in [4.69, 9.17) is 16.5 Å². The molecule has 8 heteroatoms. The molecule has 36 heavy (non-hydrogen) atoms. The van der Waals surface area contributed by atoms with Gasteiger partial charge in [0.25, 0.3) is 0 Å². The summed E-state index contributed by atoms with van der Waals surface area (Å²) < 4.78 is 26.8. The van der Waals surface area contributed by atoms with Crippen molar-refractivity contribution in [2.75, 3.05) is 0 Å². The van der Waals surface area contributed by atoms with Gasteiger partial charge in [0.1, 0.15) is 0 Å². The lowest BCUT2D eigenvalue weighted by molar-refractivity contribution is 0.262. The van der Waals surface area contributed by atoms with E-state index in [1.807, 2.05) is 24.3 Å². The Balaban J connectivity index is 1.57. The number of hydrogen-bond donors (Lipinski definition) is 0. The van der Waals surface area contributed by atoms with Gasteiger partial charge in [0, 0.05) is 24.2 Å². The molecular formula is C28H28O4Si4. The van der Waals surface area contributed by atoms with Gasteiger partial charge in [-0.05, 0) is 22.3 Å². The Morgan fingerprint density at radius 3 is 0.972 bits per heavy atom. The van der Waals surface area contributed by atoms with Gasteiger partial charge in [0.05, 0.1) is 0 Å². The third-order valence-electron chi connectivity index (χ3n) is 6.18. The lowest BCUT2D eigenvalue weighted by Gasteiger charge is -2.42. The van der Waals surface area contributed by atoms with Gasteiger partial charge < -0.3 is 16.5 Å². The second-order valence-corrected chi connectivity index (χ2v) is 17.7. The lowest BCUT2D eigenvalue weighted by atomic mass is 10.2. The van der Waals surface area contributed by atoms with Crippen molar-refractivity contribution in [3.8, 4) is 0 Å². The molecule has 0 amide bonds. The Hall–Kier alpha value is -2.41. The summed E-state index contributed by atoms with van der Waals surface area (Å²) in [6.07, 6.45) is 0. The standard InChI is InChI=1S/C28H28O4Si4/c1-5-13-25(14-6-1)21-35(22-26-15-7-2-8-16-26)30-33-29-34-31-36(32-35,23-27-17-9-3-10-18-27)24-28-19-11-4-12-20-28/h1-20H,21-24H2. The molecule has 0 saturated carbocycles. The second kappa shape index (κ2) is 12.2. The number of rotatable bonds is 8. The molecule has 1 aliphatic rings. The molecule has 0 N–H and O–H groups in total. The monoisotopic (exact) mass is 540 g/mol. The topological polar surface area (TPSA) is 36.9 Å². The molecule has 1 saturated heterocycles. The smallest absolute Gasteiger partial charge is 0.413 e. The minimum Gasteiger partial charge on any atom is -0.415 e. The molecular weight excluding hydrogens is 513 g/mol. The summed E-state index contributed by atoms with van der Waals surface area (Å²) >= 11 is 0. The first kappa shape index (κ1) is 25.2. The van der Waals surface area contributed by atoms with E-state index in [0.29, 0.717) is 0 Å². The molecule has 0 aromatic heterocycles. The molecule has 0 spiro atoms. The Kier molecular flexibility index (Phi) is 8.57. The Labute approximate surface area is 220 Å². The predicted molar refractivity (Wildman–Crippen MR) is 148 cm³/mol. The molecule has 4 aromatic rings. The van der Waals surface area contributed by atoms with Crippen LogP contribution in [0.25, 0.3) is 0 Å². The van der Waals surface area contributed by atoms with Crippen molar-refractivity contribution in [3.63, 3.8) is 0 Å². The van der Waals surface area contributed by atoms with E-state index in [9.17, 15) is 0 Å². The zero-order valence-corrected chi connectivity index (χ0v) is 24.0. The van der Waals surface area contributed by atoms with Crippen LogP contribution in [0.2, 0.25) is 0 Å². The highest BCUT2D eigenvalue weighted by Gasteiger charge is 2.51. The maximum absolute atomic E-state index is 7.45. The summed E-state index contributed by atoms with van der Waals surface area (Å²) in [5, 5.41) is 0. The van der Waals surface area contributed by atoms with Gasteiger partial charge in [-0.15, -0.1) is 0 Å². The summed E-state index contributed by atoms with van der Waals surface area (Å²) in [5.74, 6) is 0. The SMILES string of the molecule is c1ccc(C[Si]2(Cc3ccccc3)O[Si]O[Si]O[Si](Cc3ccccc3)(Cc3ccccc3)O2)cc1. The molecule has 0 atom stereocenters. The highest BCUT2D eigenvalue weighted by molar-refractivity contribution is 6.84. The van der Waals surface area contributed by atoms with E-state index in [-0.39, 0.29) is 20.0 Å². The van der Waals surface area contributed by atoms with E-state index >= 15 is 0 Å². The largest absolute Gasteiger partial charge is 0.415 e. The molecule has 1 aliphatic heterocycles. The molecule has 4 aromatic carbocycles. The molecule has 1 heterocycles. The zero-order chi connectivity index (χ0) is 24.5. The Morgan fingerprint density at radius 2 is 0.694 bits per heavy atom. The van der Waals surface area contributed by atoms with Crippen molar-refractivity contribution < 1.29 is 16.5 Å². The van der Waals surface area contributed by atoms with Gasteiger partial charge >= 0.3 is 37.1 Å². The van der Waals surface area contributed by atoms with Crippen LogP contribution in [0, 0.1) is 0 Å². The summed E-state index contributed by atoms with van der Waals surface area (Å²) in [5.41, 5.74) is 4.87. The van der Waals surface area contributed by atoms with Crippen LogP contribution in [-0.2, 0) is 40.6 Å². The lowest BCUT2D eigenvalue weighted by Crippen LogP contribution is -2.63. The average molecular weight is 541 g/mol. The van der Waals surface area contributed by atoms with Crippen LogP contribution in [0.15, 0.2) is 121 Å². The van der Waals surface area contributed by atoms with Crippen molar-refractivity contribution in [2.45, 2.75) is 24.2 Å². The van der Waals surface area contributed by atoms with Crippen LogP contribution >= 0.6 is 0 Å². The fraction of sp³-hybridized carbons (Fsp3) is 0.143. The first-order chi connectivity index (χ1) is 17.7. The third-order valence-corrected chi connectivity index (χ3v) is 17.2. The van der Waals surface area contributed by atoms with E-state index < -0.39 is 17.1 Å². The maximum Gasteiger partial charge on any atom is 0.413 e. The fourth-order valence-corrected chi connectivity index (χ4v) is 16.9. The minimum atomic E-state index is -2.86. The van der Waals surface area contributed by atoms with Crippen LogP contribution in [0.3, 0.4) is 0 Å². The highest BCUT2D eigenvalue weighted by atomic mass is 28.5. The molecule has 5 rings (SSSR count). The zero-order valence-electron chi connectivity index (χ0n) is 20.0. The van der Waals surface area contributed by atoms with Crippen molar-refractivity contribution in [3.05, 3.63) is 144 Å². The van der Waals surface area contributed by atoms with Gasteiger partial charge in [0.2, 0.25) is 0 Å². The van der Waals surface area contributed by atoms with E-state index in [0.717, 1.165) is 24.2 Å². The van der Waals surface area contributed by atoms with Crippen LogP contribution in [-0.4, -0.2) is 37.1 Å². The van der Waals surface area contributed by atoms with Gasteiger partial charge in [0.15, 0.2) is 0 Å². The van der Waals surface area contributed by atoms with E-state index in [1.54, 1.807) is 0 Å². The van der Waals surface area contributed by atoms with Crippen LogP contribution in [0.4, 0.5) is 0 Å². The molecule has 4 radical (unpaired) electrons. The minimum absolute atomic E-state index is 0.0967. The first-order valence-corrected chi connectivity index (χ1v) is 18.2.